The van der Waals surface area contributed by atoms with Crippen LogP contribution < -0.4 is 30.0 Å². The maximum absolute atomic E-state index is 12.9. The summed E-state index contributed by atoms with van der Waals surface area (Å²) in [6.07, 6.45) is 3.03. The minimum atomic E-state index is -3.72. The number of aromatic nitrogens is 2. The third-order valence-electron chi connectivity index (χ3n) is 7.59. The van der Waals surface area contributed by atoms with Gasteiger partial charge in [0.25, 0.3) is 20.0 Å². The maximum Gasteiger partial charge on any atom is 0.268 e. The number of ether oxygens (including phenoxy) is 4. The summed E-state index contributed by atoms with van der Waals surface area (Å²) >= 11 is 0. The van der Waals surface area contributed by atoms with Crippen molar-refractivity contribution in [3.05, 3.63) is 109 Å². The molecule has 2 heterocycles. The predicted octanol–water partition coefficient (Wildman–Crippen LogP) is 4.63. The Morgan fingerprint density at radius 2 is 1.08 bits per heavy atom. The van der Waals surface area contributed by atoms with Crippen molar-refractivity contribution in [2.24, 2.45) is 5.73 Å². The Morgan fingerprint density at radius 1 is 0.647 bits per heavy atom. The van der Waals surface area contributed by atoms with Crippen LogP contribution in [0.3, 0.4) is 0 Å². The quantitative estimate of drug-likeness (QED) is 0.160. The Hall–Kier alpha value is -5.51. The molecule has 0 atom stereocenters. The Kier molecular flexibility index (Phi) is 11.5. The first-order valence-electron chi connectivity index (χ1n) is 15.7. The number of nitrogens with zero attached hydrogens (tertiary/aromatic N) is 2. The minimum Gasteiger partial charge on any atom is -0.493 e. The zero-order chi connectivity index (χ0) is 36.6. The molecule has 0 fully saturated rings. The van der Waals surface area contributed by atoms with Gasteiger partial charge in [-0.25, -0.2) is 24.8 Å². The second-order valence-electron chi connectivity index (χ2n) is 11.0. The first kappa shape index (κ1) is 36.8. The highest BCUT2D eigenvalue weighted by Crippen LogP contribution is 2.35. The molecule has 6 rings (SSSR count). The maximum atomic E-state index is 12.9. The van der Waals surface area contributed by atoms with Crippen LogP contribution in [0.1, 0.15) is 6.92 Å². The van der Waals surface area contributed by atoms with E-state index >= 15 is 0 Å². The van der Waals surface area contributed by atoms with Gasteiger partial charge in [-0.05, 0) is 48.5 Å². The number of nitrogens with one attached hydrogen (secondary N) is 1. The molecule has 268 valence electrons. The van der Waals surface area contributed by atoms with Gasteiger partial charge in [0.2, 0.25) is 5.91 Å². The fourth-order valence-corrected chi connectivity index (χ4v) is 7.90. The normalized spacial score (nSPS) is 11.5. The summed E-state index contributed by atoms with van der Waals surface area (Å²) in [4.78, 5) is 11.3. The third-order valence-corrected chi connectivity index (χ3v) is 11.0. The lowest BCUT2D eigenvalue weighted by atomic mass is 10.2. The number of hydrogen-bond donors (Lipinski definition) is 2. The van der Waals surface area contributed by atoms with Crippen molar-refractivity contribution in [3.63, 3.8) is 0 Å². The molecule has 4 aromatic carbocycles. The van der Waals surface area contributed by atoms with E-state index in [1.807, 2.05) is 0 Å². The van der Waals surface area contributed by atoms with Gasteiger partial charge in [-0.1, -0.05) is 36.4 Å². The van der Waals surface area contributed by atoms with E-state index in [1.54, 1.807) is 97.1 Å². The molecule has 0 aliphatic rings. The van der Waals surface area contributed by atoms with Gasteiger partial charge >= 0.3 is 0 Å². The molecule has 2 aromatic heterocycles. The van der Waals surface area contributed by atoms with Crippen LogP contribution >= 0.6 is 0 Å². The van der Waals surface area contributed by atoms with Gasteiger partial charge in [0.05, 0.1) is 41.6 Å². The zero-order valence-corrected chi connectivity index (χ0v) is 29.8. The van der Waals surface area contributed by atoms with Crippen molar-refractivity contribution in [2.75, 3.05) is 40.5 Å². The predicted molar refractivity (Wildman–Crippen MR) is 194 cm³/mol. The van der Waals surface area contributed by atoms with E-state index < -0.39 is 20.0 Å². The highest BCUT2D eigenvalue weighted by Gasteiger charge is 2.22. The summed E-state index contributed by atoms with van der Waals surface area (Å²) in [6, 6.07) is 26.7. The number of hydrogen-bond acceptors (Lipinski definition) is 10. The molecule has 1 amide bonds. The molecule has 3 N–H and O–H groups in total. The topological polar surface area (TPSA) is 170 Å². The van der Waals surface area contributed by atoms with E-state index in [-0.39, 0.29) is 22.3 Å². The van der Waals surface area contributed by atoms with Crippen molar-refractivity contribution in [1.82, 2.24) is 13.3 Å². The second kappa shape index (κ2) is 16.0. The number of methoxy groups -OCH3 is 2. The zero-order valence-electron chi connectivity index (χ0n) is 28.2. The van der Waals surface area contributed by atoms with E-state index in [1.165, 1.54) is 41.5 Å². The molecule has 0 saturated heterocycles. The van der Waals surface area contributed by atoms with Gasteiger partial charge in [-0.2, -0.15) is 0 Å². The van der Waals surface area contributed by atoms with Gasteiger partial charge in [0, 0.05) is 48.8 Å². The van der Waals surface area contributed by atoms with Crippen molar-refractivity contribution >= 4 is 47.8 Å². The first-order chi connectivity index (χ1) is 24.5. The van der Waals surface area contributed by atoms with E-state index in [0.29, 0.717) is 59.1 Å². The van der Waals surface area contributed by atoms with Crippen molar-refractivity contribution in [1.29, 1.82) is 0 Å². The monoisotopic (exact) mass is 734 g/mol. The van der Waals surface area contributed by atoms with Crippen LogP contribution in [0.4, 0.5) is 0 Å². The summed E-state index contributed by atoms with van der Waals surface area (Å²) in [5, 5.41) is 4.08. The number of nitrogens with two attached hydrogens (primary N) is 1. The Morgan fingerprint density at radius 3 is 1.47 bits per heavy atom. The average molecular weight is 735 g/mol. The van der Waals surface area contributed by atoms with Crippen LogP contribution in [0.5, 0.6) is 23.0 Å². The highest BCUT2D eigenvalue weighted by molar-refractivity contribution is 7.90. The fraction of sp³-hybridized carbons (Fsp3) is 0.194. The van der Waals surface area contributed by atoms with E-state index in [4.69, 9.17) is 24.7 Å². The van der Waals surface area contributed by atoms with Crippen LogP contribution in [0.2, 0.25) is 0 Å². The molecule has 0 aliphatic heterocycles. The van der Waals surface area contributed by atoms with Crippen LogP contribution in [-0.4, -0.2) is 71.2 Å². The van der Waals surface area contributed by atoms with Gasteiger partial charge in [0.15, 0.2) is 23.0 Å². The number of carbonyl (C=O) groups excluding carboxylic acids is 1. The SMILES string of the molecule is COc1cc2c(ccn2S(=O)(=O)c2ccccc2)cc1OCCN.COc1cc2c(ccn2S(=O)(=O)c2ccccc2)cc1OCCNC(C)=O. The van der Waals surface area contributed by atoms with Crippen LogP contribution in [0, 0.1) is 0 Å². The van der Waals surface area contributed by atoms with Gasteiger partial charge in [-0.3, -0.25) is 4.79 Å². The molecule has 13 nitrogen and oxygen atoms in total. The van der Waals surface area contributed by atoms with Crippen LogP contribution in [0.15, 0.2) is 119 Å². The van der Waals surface area contributed by atoms with Crippen LogP contribution in [-0.2, 0) is 24.8 Å². The first-order valence-corrected chi connectivity index (χ1v) is 18.6. The lowest BCUT2D eigenvalue weighted by Crippen LogP contribution is -2.25. The second-order valence-corrected chi connectivity index (χ2v) is 14.6. The summed E-state index contributed by atoms with van der Waals surface area (Å²) in [5.74, 6) is 1.74. The van der Waals surface area contributed by atoms with E-state index in [9.17, 15) is 21.6 Å². The number of amides is 1. The van der Waals surface area contributed by atoms with Gasteiger partial charge < -0.3 is 30.0 Å². The standard InChI is InChI=1S/C19H20N2O5S.C17H18N2O4S/c1-14(22)20-9-11-26-19-12-15-8-10-21(17(15)13-18(19)25-2)27(23,24)16-6-4-3-5-7-16;1-22-16-12-15-13(11-17(16)23-10-8-18)7-9-19(15)24(20,21)14-5-3-2-4-6-14/h3-8,10,12-13H,9,11H2,1-2H3,(H,20,22);2-7,9,11-12H,8,10,18H2,1H3. The van der Waals surface area contributed by atoms with Crippen molar-refractivity contribution < 1.29 is 40.6 Å². The molecule has 0 saturated carbocycles. The molecule has 0 bridgehead atoms. The third kappa shape index (κ3) is 8.11. The van der Waals surface area contributed by atoms with Crippen molar-refractivity contribution in [3.8, 4) is 23.0 Å². The van der Waals surface area contributed by atoms with Gasteiger partial charge in [-0.15, -0.1) is 0 Å². The Balaban J connectivity index is 0.000000199. The number of carbonyl (C=O) groups is 1. The van der Waals surface area contributed by atoms with E-state index in [0.717, 1.165) is 5.39 Å². The Labute approximate surface area is 296 Å². The number of benzene rings is 4. The lowest BCUT2D eigenvalue weighted by Gasteiger charge is -2.13. The highest BCUT2D eigenvalue weighted by atomic mass is 32.2. The summed E-state index contributed by atoms with van der Waals surface area (Å²) in [5.41, 5.74) is 6.47. The molecule has 6 aromatic rings. The molecule has 0 radical (unpaired) electrons. The summed E-state index contributed by atoms with van der Waals surface area (Å²) in [6.45, 7) is 2.79. The minimum absolute atomic E-state index is 0.135. The average Bonchev–Trinajstić information content (AvgIpc) is 3.77. The molecular formula is C36H38N4O9S2. The number of rotatable bonds is 13. The molecule has 15 heteroatoms. The lowest BCUT2D eigenvalue weighted by molar-refractivity contribution is -0.119. The number of fused-ring (bicyclic) bond motifs is 2. The summed E-state index contributed by atoms with van der Waals surface area (Å²) < 4.78 is 75.9. The fourth-order valence-electron chi connectivity index (χ4n) is 5.17. The largest absolute Gasteiger partial charge is 0.493 e. The molecule has 51 heavy (non-hydrogen) atoms. The molecule has 0 aliphatic carbocycles. The van der Waals surface area contributed by atoms with Crippen molar-refractivity contribution in [2.45, 2.75) is 16.7 Å². The smallest absolute Gasteiger partial charge is 0.268 e. The van der Waals surface area contributed by atoms with Crippen LogP contribution in [0.25, 0.3) is 21.8 Å². The van der Waals surface area contributed by atoms with E-state index in [2.05, 4.69) is 5.32 Å². The molecular weight excluding hydrogens is 697 g/mol. The Bertz CT molecular complexity index is 2340. The molecule has 0 unspecified atom stereocenters. The summed E-state index contributed by atoms with van der Waals surface area (Å²) in [7, 11) is -4.40. The van der Waals surface area contributed by atoms with Gasteiger partial charge in [0.1, 0.15) is 13.2 Å². The molecule has 0 spiro atoms.